The van der Waals surface area contributed by atoms with Gasteiger partial charge in [-0.1, -0.05) is 104 Å². The second-order valence-electron chi connectivity index (χ2n) is 13.9. The van der Waals surface area contributed by atoms with Crippen LogP contribution in [0.1, 0.15) is 27.8 Å². The number of pyridine rings is 1. The fourth-order valence-electron chi connectivity index (χ4n) is 8.44. The second kappa shape index (κ2) is 12.9. The van der Waals surface area contributed by atoms with Crippen LogP contribution >= 0.6 is 22.7 Å². The van der Waals surface area contributed by atoms with Crippen LogP contribution in [0.5, 0.6) is 0 Å². The molecule has 0 atom stereocenters. The van der Waals surface area contributed by atoms with Gasteiger partial charge in [0.05, 0.1) is 22.5 Å². The molecule has 0 N–H and O–H groups in total. The molecule has 0 bridgehead atoms. The summed E-state index contributed by atoms with van der Waals surface area (Å²) < 4.78 is 0. The highest BCUT2D eigenvalue weighted by Crippen LogP contribution is 2.65. The molecule has 7 heteroatoms. The summed E-state index contributed by atoms with van der Waals surface area (Å²) >= 11 is 3.68. The number of hydrogen-bond donors (Lipinski definition) is 0. The van der Waals surface area contributed by atoms with Crippen LogP contribution in [-0.4, -0.2) is 19.9 Å². The Morgan fingerprint density at radius 2 is 1.07 bits per heavy atom. The Kier molecular flexibility index (Phi) is 7.52. The van der Waals surface area contributed by atoms with Crippen LogP contribution in [0, 0.1) is 0 Å². The first-order chi connectivity index (χ1) is 27.7. The summed E-state index contributed by atoms with van der Waals surface area (Å²) in [5.41, 5.74) is 14.0. The molecule has 5 heterocycles. The summed E-state index contributed by atoms with van der Waals surface area (Å²) in [7, 11) is 0. The second-order valence-corrected chi connectivity index (χ2v) is 15.8. The van der Waals surface area contributed by atoms with Crippen molar-refractivity contribution in [2.75, 3.05) is 4.90 Å². The van der Waals surface area contributed by atoms with Gasteiger partial charge < -0.3 is 4.90 Å². The first-order valence-corrected chi connectivity index (χ1v) is 20.2. The van der Waals surface area contributed by atoms with Crippen molar-refractivity contribution >= 4 is 45.8 Å². The van der Waals surface area contributed by atoms with Gasteiger partial charge in [-0.25, -0.2) is 15.0 Å². The molecule has 0 fully saturated rings. The summed E-state index contributed by atoms with van der Waals surface area (Å²) in [5.74, 6) is 1.85. The SMILES string of the molecule is C=Cc1ccc2c(c1)N(c1ccc(-c3nc(-c4ccccc4)nc(-c4ccc(-c5ccccn5)cc4)n3)cc1)c1ccccc1C21c2ccsc2-c2sccc21. The van der Waals surface area contributed by atoms with Gasteiger partial charge in [-0.2, -0.15) is 0 Å². The number of fused-ring (bicyclic) bond motifs is 9. The smallest absolute Gasteiger partial charge is 0.164 e. The van der Waals surface area contributed by atoms with Gasteiger partial charge in [0.2, 0.25) is 0 Å². The average Bonchev–Trinajstić information content (AvgIpc) is 4.01. The molecule has 56 heavy (non-hydrogen) atoms. The monoisotopic (exact) mass is 753 g/mol. The lowest BCUT2D eigenvalue weighted by Crippen LogP contribution is -2.35. The van der Waals surface area contributed by atoms with E-state index in [1.165, 1.54) is 32.0 Å². The Hall–Kier alpha value is -6.80. The van der Waals surface area contributed by atoms with E-state index in [9.17, 15) is 0 Å². The zero-order chi connectivity index (χ0) is 37.2. The maximum atomic E-state index is 5.06. The van der Waals surface area contributed by atoms with Gasteiger partial charge in [-0.15, -0.1) is 22.7 Å². The molecule has 1 aliphatic heterocycles. The first-order valence-electron chi connectivity index (χ1n) is 18.5. The van der Waals surface area contributed by atoms with E-state index in [0.29, 0.717) is 17.5 Å². The maximum absolute atomic E-state index is 5.06. The quantitative estimate of drug-likeness (QED) is 0.169. The van der Waals surface area contributed by atoms with E-state index in [1.807, 2.05) is 83.5 Å². The third-order valence-corrected chi connectivity index (χ3v) is 12.9. The molecular weight excluding hydrogens is 723 g/mol. The molecule has 4 aromatic heterocycles. The standard InChI is InChI=1S/C49H31N5S2/c1-2-31-15-24-38-43(30-31)54(42-14-7-6-12-37(42)49(38)39-25-28-55-44(39)45-40(49)26-29-56-45)36-22-20-35(21-23-36)48-52-46(33-10-4-3-5-11-33)51-47(53-48)34-18-16-32(17-19-34)41-13-8-9-27-50-41/h2-30H,1H2. The lowest BCUT2D eigenvalue weighted by atomic mass is 9.65. The Labute approximate surface area is 332 Å². The lowest BCUT2D eigenvalue weighted by Gasteiger charge is -2.44. The van der Waals surface area contributed by atoms with Gasteiger partial charge >= 0.3 is 0 Å². The van der Waals surface area contributed by atoms with Crippen LogP contribution in [-0.2, 0) is 5.41 Å². The van der Waals surface area contributed by atoms with Crippen molar-refractivity contribution < 1.29 is 0 Å². The molecule has 5 aromatic carbocycles. The highest BCUT2D eigenvalue weighted by Gasteiger charge is 2.52. The minimum atomic E-state index is -0.405. The highest BCUT2D eigenvalue weighted by molar-refractivity contribution is 7.21. The average molecular weight is 754 g/mol. The third-order valence-electron chi connectivity index (χ3n) is 11.0. The predicted molar refractivity (Wildman–Crippen MR) is 231 cm³/mol. The van der Waals surface area contributed by atoms with E-state index in [-0.39, 0.29) is 0 Å². The molecule has 0 saturated carbocycles. The van der Waals surface area contributed by atoms with Gasteiger partial charge in [0.1, 0.15) is 0 Å². The summed E-state index contributed by atoms with van der Waals surface area (Å²) in [6.45, 7) is 4.15. The van der Waals surface area contributed by atoms with Crippen molar-refractivity contribution in [3.63, 3.8) is 0 Å². The van der Waals surface area contributed by atoms with Crippen molar-refractivity contribution in [2.24, 2.45) is 0 Å². The number of thiophene rings is 2. The van der Waals surface area contributed by atoms with Crippen LogP contribution in [0.2, 0.25) is 0 Å². The topological polar surface area (TPSA) is 54.8 Å². The van der Waals surface area contributed by atoms with Crippen LogP contribution < -0.4 is 4.90 Å². The molecular formula is C49H31N5S2. The molecule has 0 saturated heterocycles. The minimum absolute atomic E-state index is 0.405. The number of benzene rings is 5. The molecule has 264 valence electrons. The van der Waals surface area contributed by atoms with E-state index in [2.05, 4.69) is 130 Å². The fourth-order valence-corrected chi connectivity index (χ4v) is 10.5. The van der Waals surface area contributed by atoms with Crippen molar-refractivity contribution in [3.05, 3.63) is 203 Å². The van der Waals surface area contributed by atoms with Gasteiger partial charge in [0.25, 0.3) is 0 Å². The number of nitrogens with zero attached hydrogens (tertiary/aromatic N) is 5. The van der Waals surface area contributed by atoms with Crippen molar-refractivity contribution in [2.45, 2.75) is 5.41 Å². The largest absolute Gasteiger partial charge is 0.310 e. The van der Waals surface area contributed by atoms with Gasteiger partial charge in [-0.3, -0.25) is 4.98 Å². The normalized spacial score (nSPS) is 13.2. The molecule has 0 unspecified atom stereocenters. The molecule has 9 aromatic rings. The molecule has 5 nitrogen and oxygen atoms in total. The van der Waals surface area contributed by atoms with Gasteiger partial charge in [-0.05, 0) is 99.2 Å². The van der Waals surface area contributed by atoms with Crippen molar-refractivity contribution in [1.29, 1.82) is 0 Å². The lowest BCUT2D eigenvalue weighted by molar-refractivity contribution is 0.756. The third kappa shape index (κ3) is 4.91. The Balaban J connectivity index is 1.04. The summed E-state index contributed by atoms with van der Waals surface area (Å²) in [4.78, 5) is 24.7. The summed E-state index contributed by atoms with van der Waals surface area (Å²) in [6, 6.07) is 53.3. The predicted octanol–water partition coefficient (Wildman–Crippen LogP) is 12.8. The zero-order valence-electron chi connectivity index (χ0n) is 30.0. The van der Waals surface area contributed by atoms with Gasteiger partial charge in [0, 0.05) is 43.9 Å². The Bertz CT molecular complexity index is 2890. The van der Waals surface area contributed by atoms with Crippen LogP contribution in [0.4, 0.5) is 17.1 Å². The van der Waals surface area contributed by atoms with Crippen LogP contribution in [0.3, 0.4) is 0 Å². The number of aromatic nitrogens is 4. The first kappa shape index (κ1) is 32.6. The summed E-state index contributed by atoms with van der Waals surface area (Å²) in [6.07, 6.45) is 3.75. The van der Waals surface area contributed by atoms with Crippen LogP contribution in [0.15, 0.2) is 175 Å². The number of para-hydroxylation sites is 1. The number of hydrogen-bond acceptors (Lipinski definition) is 7. The highest BCUT2D eigenvalue weighted by atomic mass is 32.1. The molecule has 0 amide bonds. The van der Waals surface area contributed by atoms with Crippen molar-refractivity contribution in [1.82, 2.24) is 19.9 Å². The van der Waals surface area contributed by atoms with Crippen LogP contribution in [0.25, 0.3) is 61.3 Å². The van der Waals surface area contributed by atoms with E-state index in [4.69, 9.17) is 15.0 Å². The van der Waals surface area contributed by atoms with E-state index >= 15 is 0 Å². The molecule has 0 radical (unpaired) electrons. The molecule has 1 spiro atoms. The minimum Gasteiger partial charge on any atom is -0.310 e. The maximum Gasteiger partial charge on any atom is 0.164 e. The van der Waals surface area contributed by atoms with E-state index in [0.717, 1.165) is 50.6 Å². The Morgan fingerprint density at radius 1 is 0.500 bits per heavy atom. The number of anilines is 3. The molecule has 1 aliphatic carbocycles. The Morgan fingerprint density at radius 3 is 1.71 bits per heavy atom. The van der Waals surface area contributed by atoms with Gasteiger partial charge in [0.15, 0.2) is 17.5 Å². The number of rotatable bonds is 6. The summed E-state index contributed by atoms with van der Waals surface area (Å²) in [5, 5.41) is 4.49. The fraction of sp³-hybridized carbons (Fsp3) is 0.0204. The molecule has 11 rings (SSSR count). The molecule has 2 aliphatic rings. The van der Waals surface area contributed by atoms with Crippen molar-refractivity contribution in [3.8, 4) is 55.2 Å². The zero-order valence-corrected chi connectivity index (χ0v) is 31.6. The van der Waals surface area contributed by atoms with E-state index < -0.39 is 5.41 Å². The van der Waals surface area contributed by atoms with E-state index in [1.54, 1.807) is 0 Å².